The number of furan rings is 1. The lowest BCUT2D eigenvalue weighted by atomic mass is 9.84. The topological polar surface area (TPSA) is 28.4 Å². The third-order valence-electron chi connectivity index (χ3n) is 4.54. The average Bonchev–Trinajstić information content (AvgIpc) is 2.96. The molecule has 1 saturated carbocycles. The minimum atomic E-state index is 0.799. The summed E-state index contributed by atoms with van der Waals surface area (Å²) in [4.78, 5) is 2.53. The maximum absolute atomic E-state index is 5.30. The summed E-state index contributed by atoms with van der Waals surface area (Å²) in [5.41, 5.74) is 0. The Balaban J connectivity index is 1.58. The smallest absolute Gasteiger partial charge is 0.117 e. The van der Waals surface area contributed by atoms with E-state index >= 15 is 0 Å². The zero-order chi connectivity index (χ0) is 13.5. The molecule has 0 amide bonds. The lowest BCUT2D eigenvalue weighted by molar-refractivity contribution is 0.164. The summed E-state index contributed by atoms with van der Waals surface area (Å²) in [6, 6.07) is 4.76. The Bertz CT molecular complexity index is 329. The van der Waals surface area contributed by atoms with Crippen molar-refractivity contribution in [2.45, 2.75) is 51.6 Å². The molecule has 1 aromatic rings. The summed E-state index contributed by atoms with van der Waals surface area (Å²) in [6.45, 7) is 5.32. The third kappa shape index (κ3) is 4.66. The van der Waals surface area contributed by atoms with Gasteiger partial charge in [0.15, 0.2) is 0 Å². The lowest BCUT2D eigenvalue weighted by Gasteiger charge is -2.34. The van der Waals surface area contributed by atoms with Crippen molar-refractivity contribution in [1.29, 1.82) is 0 Å². The highest BCUT2D eigenvalue weighted by Crippen LogP contribution is 2.28. The fourth-order valence-electron chi connectivity index (χ4n) is 3.06. The molecule has 1 N–H and O–H groups in total. The molecular weight excluding hydrogens is 236 g/mol. The minimum Gasteiger partial charge on any atom is -0.468 e. The molecule has 3 heteroatoms. The van der Waals surface area contributed by atoms with Crippen molar-refractivity contribution in [1.82, 2.24) is 10.2 Å². The number of likely N-dealkylation sites (N-methyl/N-ethyl adjacent to an activating group) is 1. The van der Waals surface area contributed by atoms with Gasteiger partial charge in [-0.1, -0.05) is 13.3 Å². The Morgan fingerprint density at radius 3 is 2.74 bits per heavy atom. The van der Waals surface area contributed by atoms with Crippen LogP contribution < -0.4 is 5.32 Å². The zero-order valence-corrected chi connectivity index (χ0v) is 12.4. The van der Waals surface area contributed by atoms with Crippen molar-refractivity contribution in [2.75, 3.05) is 20.1 Å². The Kier molecular flexibility index (Phi) is 5.93. The molecule has 3 nitrogen and oxygen atoms in total. The van der Waals surface area contributed by atoms with Crippen LogP contribution in [0.3, 0.4) is 0 Å². The lowest BCUT2D eigenvalue weighted by Crippen LogP contribution is -2.39. The van der Waals surface area contributed by atoms with Crippen molar-refractivity contribution in [3.8, 4) is 0 Å². The minimum absolute atomic E-state index is 0.799. The van der Waals surface area contributed by atoms with Crippen LogP contribution in [0.15, 0.2) is 22.8 Å². The molecule has 0 saturated heterocycles. The van der Waals surface area contributed by atoms with Crippen molar-refractivity contribution in [3.05, 3.63) is 24.2 Å². The molecular formula is C16H28N2O. The van der Waals surface area contributed by atoms with Crippen LogP contribution >= 0.6 is 0 Å². The van der Waals surface area contributed by atoms with E-state index in [9.17, 15) is 0 Å². The molecule has 1 aromatic heterocycles. The molecule has 1 aliphatic rings. The molecule has 1 aliphatic carbocycles. The molecule has 0 bridgehead atoms. The largest absolute Gasteiger partial charge is 0.468 e. The molecule has 0 unspecified atom stereocenters. The van der Waals surface area contributed by atoms with E-state index in [1.807, 2.05) is 12.1 Å². The van der Waals surface area contributed by atoms with Crippen molar-refractivity contribution in [3.63, 3.8) is 0 Å². The molecule has 19 heavy (non-hydrogen) atoms. The average molecular weight is 264 g/mol. The second kappa shape index (κ2) is 7.71. The monoisotopic (exact) mass is 264 g/mol. The molecule has 108 valence electrons. The highest BCUT2D eigenvalue weighted by molar-refractivity contribution is 4.97. The van der Waals surface area contributed by atoms with Gasteiger partial charge in [-0.05, 0) is 50.8 Å². The number of nitrogens with one attached hydrogen (secondary N) is 1. The first-order valence-electron chi connectivity index (χ1n) is 7.73. The van der Waals surface area contributed by atoms with E-state index in [0.717, 1.165) is 37.4 Å². The standard InChI is InChI=1S/C16H28N2O/c1-3-14-6-8-15(9-7-14)18(2)11-10-17-13-16-5-4-12-19-16/h4-5,12,14-15,17H,3,6-11,13H2,1-2H3. The van der Waals surface area contributed by atoms with Gasteiger partial charge in [-0.15, -0.1) is 0 Å². The first-order valence-corrected chi connectivity index (χ1v) is 7.73. The molecule has 1 fully saturated rings. The second-order valence-electron chi connectivity index (χ2n) is 5.82. The normalized spacial score (nSPS) is 23.9. The summed E-state index contributed by atoms with van der Waals surface area (Å²) >= 11 is 0. The van der Waals surface area contributed by atoms with Gasteiger partial charge in [0.25, 0.3) is 0 Å². The Labute approximate surface area is 117 Å². The molecule has 2 rings (SSSR count). The Hall–Kier alpha value is -0.800. The van der Waals surface area contributed by atoms with Crippen LogP contribution in [-0.2, 0) is 6.54 Å². The highest BCUT2D eigenvalue weighted by Gasteiger charge is 2.22. The predicted octanol–water partition coefficient (Wildman–Crippen LogP) is 3.27. The van der Waals surface area contributed by atoms with Gasteiger partial charge in [-0.25, -0.2) is 0 Å². The number of hydrogen-bond donors (Lipinski definition) is 1. The van der Waals surface area contributed by atoms with E-state index in [1.54, 1.807) is 6.26 Å². The van der Waals surface area contributed by atoms with Crippen LogP contribution in [-0.4, -0.2) is 31.1 Å². The summed E-state index contributed by atoms with van der Waals surface area (Å²) in [5.74, 6) is 2.01. The van der Waals surface area contributed by atoms with Crippen molar-refractivity contribution < 1.29 is 4.42 Å². The van der Waals surface area contributed by atoms with Gasteiger partial charge in [0.05, 0.1) is 12.8 Å². The first-order chi connectivity index (χ1) is 9.29. The number of rotatable bonds is 7. The summed E-state index contributed by atoms with van der Waals surface area (Å²) in [7, 11) is 2.27. The van der Waals surface area contributed by atoms with Crippen LogP contribution in [0.1, 0.15) is 44.8 Å². The van der Waals surface area contributed by atoms with Crippen LogP contribution in [0.2, 0.25) is 0 Å². The molecule has 1 heterocycles. The van der Waals surface area contributed by atoms with Gasteiger partial charge < -0.3 is 14.6 Å². The van der Waals surface area contributed by atoms with E-state index in [-0.39, 0.29) is 0 Å². The molecule has 0 atom stereocenters. The first kappa shape index (κ1) is 14.6. The fourth-order valence-corrected chi connectivity index (χ4v) is 3.06. The summed E-state index contributed by atoms with van der Waals surface area (Å²) in [6.07, 6.45) is 8.70. The van der Waals surface area contributed by atoms with Gasteiger partial charge in [-0.3, -0.25) is 0 Å². The molecule has 0 aromatic carbocycles. The van der Waals surface area contributed by atoms with Crippen LogP contribution in [0.25, 0.3) is 0 Å². The Morgan fingerprint density at radius 2 is 2.11 bits per heavy atom. The van der Waals surface area contributed by atoms with Gasteiger partial charge >= 0.3 is 0 Å². The van der Waals surface area contributed by atoms with Gasteiger partial charge in [0.2, 0.25) is 0 Å². The SMILES string of the molecule is CCC1CCC(N(C)CCNCc2ccco2)CC1. The third-order valence-corrected chi connectivity index (χ3v) is 4.54. The van der Waals surface area contributed by atoms with E-state index in [0.29, 0.717) is 0 Å². The summed E-state index contributed by atoms with van der Waals surface area (Å²) < 4.78 is 5.30. The van der Waals surface area contributed by atoms with Gasteiger partial charge in [0, 0.05) is 19.1 Å². The molecule has 0 spiro atoms. The predicted molar refractivity (Wildman–Crippen MR) is 79.1 cm³/mol. The fraction of sp³-hybridized carbons (Fsp3) is 0.750. The van der Waals surface area contributed by atoms with E-state index in [4.69, 9.17) is 4.42 Å². The van der Waals surface area contributed by atoms with Crippen LogP contribution in [0.5, 0.6) is 0 Å². The maximum Gasteiger partial charge on any atom is 0.117 e. The van der Waals surface area contributed by atoms with Gasteiger partial charge in [-0.2, -0.15) is 0 Å². The highest BCUT2D eigenvalue weighted by atomic mass is 16.3. The van der Waals surface area contributed by atoms with Gasteiger partial charge in [0.1, 0.15) is 5.76 Å². The summed E-state index contributed by atoms with van der Waals surface area (Å²) in [5, 5.41) is 3.44. The number of nitrogens with zero attached hydrogens (tertiary/aromatic N) is 1. The van der Waals surface area contributed by atoms with E-state index in [1.165, 1.54) is 32.1 Å². The number of hydrogen-bond acceptors (Lipinski definition) is 3. The maximum atomic E-state index is 5.30. The Morgan fingerprint density at radius 1 is 1.32 bits per heavy atom. The zero-order valence-electron chi connectivity index (χ0n) is 12.4. The quantitative estimate of drug-likeness (QED) is 0.766. The van der Waals surface area contributed by atoms with Crippen molar-refractivity contribution in [2.24, 2.45) is 5.92 Å². The molecule has 0 radical (unpaired) electrons. The van der Waals surface area contributed by atoms with Crippen LogP contribution in [0.4, 0.5) is 0 Å². The molecule has 0 aliphatic heterocycles. The van der Waals surface area contributed by atoms with E-state index < -0.39 is 0 Å². The second-order valence-corrected chi connectivity index (χ2v) is 5.82. The van der Waals surface area contributed by atoms with E-state index in [2.05, 4.69) is 24.2 Å². The van der Waals surface area contributed by atoms with Crippen molar-refractivity contribution >= 4 is 0 Å². The van der Waals surface area contributed by atoms with Crippen LogP contribution in [0, 0.1) is 5.92 Å².